The molecule has 1 atom stereocenters. The minimum atomic E-state index is -0.955. The van der Waals surface area contributed by atoms with E-state index in [2.05, 4.69) is 4.98 Å². The fraction of sp³-hybridized carbons (Fsp3) is 0.310. The van der Waals surface area contributed by atoms with Crippen LogP contribution in [0.15, 0.2) is 47.7 Å². The second-order valence-electron chi connectivity index (χ2n) is 8.95. The van der Waals surface area contributed by atoms with Crippen molar-refractivity contribution in [2.24, 2.45) is 0 Å². The Morgan fingerprint density at radius 3 is 2.35 bits per heavy atom. The molecule has 2 aromatic carbocycles. The summed E-state index contributed by atoms with van der Waals surface area (Å²) in [6.45, 7) is 10.5. The summed E-state index contributed by atoms with van der Waals surface area (Å²) in [5.41, 5.74) is 1.76. The Morgan fingerprint density at radius 2 is 1.68 bits per heavy atom. The number of aryl methyl sites for hydroxylation is 2. The Morgan fingerprint density at radius 1 is 0.950 bits per heavy atom. The van der Waals surface area contributed by atoms with E-state index in [4.69, 9.17) is 19.2 Å². The number of rotatable bonds is 10. The SMILES string of the molecule is CCOc1ccc2nc(N3C(=O)C(O)=C(C(=O)c4sc(C)nc4C)C3c3ccc(OCC)c(OCC)c3)sc2c1. The minimum absolute atomic E-state index is 0.0300. The van der Waals surface area contributed by atoms with E-state index in [9.17, 15) is 14.7 Å². The molecule has 1 unspecified atom stereocenters. The van der Waals surface area contributed by atoms with E-state index in [-0.39, 0.29) is 5.57 Å². The van der Waals surface area contributed by atoms with Crippen molar-refractivity contribution in [2.45, 2.75) is 40.7 Å². The number of thiazole rings is 2. The van der Waals surface area contributed by atoms with Gasteiger partial charge >= 0.3 is 0 Å². The predicted molar refractivity (Wildman–Crippen MR) is 155 cm³/mol. The Balaban J connectivity index is 1.68. The number of ether oxygens (including phenoxy) is 3. The molecule has 5 rings (SSSR count). The summed E-state index contributed by atoms with van der Waals surface area (Å²) in [7, 11) is 0. The van der Waals surface area contributed by atoms with Crippen molar-refractivity contribution in [1.82, 2.24) is 9.97 Å². The fourth-order valence-electron chi connectivity index (χ4n) is 4.70. The molecule has 1 aliphatic heterocycles. The van der Waals surface area contributed by atoms with Crippen LogP contribution >= 0.6 is 22.7 Å². The Hall–Kier alpha value is -3.96. The molecule has 0 saturated carbocycles. The molecule has 0 spiro atoms. The van der Waals surface area contributed by atoms with Crippen molar-refractivity contribution in [3.63, 3.8) is 0 Å². The Kier molecular flexibility index (Phi) is 7.77. The number of nitrogens with zero attached hydrogens (tertiary/aromatic N) is 3. The average Bonchev–Trinajstić information content (AvgIpc) is 3.57. The second kappa shape index (κ2) is 11.3. The molecule has 1 N–H and O–H groups in total. The number of benzene rings is 2. The number of amides is 1. The van der Waals surface area contributed by atoms with Gasteiger partial charge in [0.25, 0.3) is 5.91 Å². The molecule has 1 aliphatic rings. The van der Waals surface area contributed by atoms with E-state index < -0.39 is 23.5 Å². The number of hydrogen-bond acceptors (Lipinski definition) is 10. The maximum absolute atomic E-state index is 14.0. The van der Waals surface area contributed by atoms with Gasteiger partial charge in [0.2, 0.25) is 5.78 Å². The first kappa shape index (κ1) is 27.6. The summed E-state index contributed by atoms with van der Waals surface area (Å²) in [6.07, 6.45) is 0. The van der Waals surface area contributed by atoms with E-state index in [1.807, 2.05) is 45.9 Å². The van der Waals surface area contributed by atoms with E-state index in [1.54, 1.807) is 25.1 Å². The van der Waals surface area contributed by atoms with Crippen LogP contribution in [0, 0.1) is 13.8 Å². The third kappa shape index (κ3) is 4.90. The van der Waals surface area contributed by atoms with Gasteiger partial charge in [-0.2, -0.15) is 0 Å². The van der Waals surface area contributed by atoms with Crippen LogP contribution in [0.25, 0.3) is 10.2 Å². The number of anilines is 1. The maximum atomic E-state index is 14.0. The lowest BCUT2D eigenvalue weighted by Crippen LogP contribution is -2.31. The van der Waals surface area contributed by atoms with Crippen LogP contribution in [-0.4, -0.2) is 46.6 Å². The molecule has 0 aliphatic carbocycles. The first-order chi connectivity index (χ1) is 19.3. The van der Waals surface area contributed by atoms with Crippen molar-refractivity contribution in [1.29, 1.82) is 0 Å². The zero-order valence-corrected chi connectivity index (χ0v) is 24.4. The fourth-order valence-corrected chi connectivity index (χ4v) is 6.60. The van der Waals surface area contributed by atoms with Crippen molar-refractivity contribution in [3.8, 4) is 17.2 Å². The average molecular weight is 580 g/mol. The number of aliphatic hydroxyl groups excluding tert-OH is 1. The highest BCUT2D eigenvalue weighted by atomic mass is 32.1. The standard InChI is InChI=1S/C29H29N3O6S2/c1-6-36-18-10-11-19-22(14-18)40-29(31-19)32-24(17-9-12-20(37-7-2)21(13-17)38-8-3)23(26(34)28(32)35)25(33)27-15(4)30-16(5)39-27/h9-14,24,34H,6-8H2,1-5H3. The van der Waals surface area contributed by atoms with Crippen LogP contribution in [-0.2, 0) is 4.79 Å². The van der Waals surface area contributed by atoms with Gasteiger partial charge < -0.3 is 19.3 Å². The van der Waals surface area contributed by atoms with Gasteiger partial charge in [-0.25, -0.2) is 9.97 Å². The van der Waals surface area contributed by atoms with Gasteiger partial charge in [-0.1, -0.05) is 17.4 Å². The second-order valence-corrected chi connectivity index (χ2v) is 11.2. The number of carbonyl (C=O) groups excluding carboxylic acids is 2. The predicted octanol–water partition coefficient (Wildman–Crippen LogP) is 6.35. The van der Waals surface area contributed by atoms with Crippen LogP contribution in [0.5, 0.6) is 17.2 Å². The number of aliphatic hydroxyl groups is 1. The third-order valence-corrected chi connectivity index (χ3v) is 8.40. The monoisotopic (exact) mass is 579 g/mol. The van der Waals surface area contributed by atoms with Crippen molar-refractivity contribution >= 4 is 49.7 Å². The van der Waals surface area contributed by atoms with Crippen LogP contribution in [0.1, 0.15) is 52.7 Å². The number of aromatic nitrogens is 2. The quantitative estimate of drug-likeness (QED) is 0.217. The van der Waals surface area contributed by atoms with Gasteiger partial charge in [-0.05, 0) is 70.5 Å². The molecule has 9 nitrogen and oxygen atoms in total. The lowest BCUT2D eigenvalue weighted by molar-refractivity contribution is -0.117. The molecule has 11 heteroatoms. The van der Waals surface area contributed by atoms with Gasteiger partial charge in [0, 0.05) is 0 Å². The molecule has 4 aromatic rings. The highest BCUT2D eigenvalue weighted by Gasteiger charge is 2.46. The van der Waals surface area contributed by atoms with Crippen molar-refractivity contribution < 1.29 is 28.9 Å². The Bertz CT molecular complexity index is 1640. The van der Waals surface area contributed by atoms with Crippen molar-refractivity contribution in [3.05, 3.63) is 68.9 Å². The first-order valence-corrected chi connectivity index (χ1v) is 14.6. The van der Waals surface area contributed by atoms with Gasteiger partial charge in [-0.3, -0.25) is 14.5 Å². The zero-order chi connectivity index (χ0) is 28.6. The lowest BCUT2D eigenvalue weighted by atomic mass is 9.95. The molecule has 2 aromatic heterocycles. The van der Waals surface area contributed by atoms with Crippen LogP contribution in [0.3, 0.4) is 0 Å². The number of Topliss-reactive ketones (excluding diaryl/α,β-unsaturated/α-hetero) is 1. The largest absolute Gasteiger partial charge is 0.503 e. The van der Waals surface area contributed by atoms with E-state index in [0.717, 1.165) is 9.71 Å². The molecular formula is C29H29N3O6S2. The molecular weight excluding hydrogens is 550 g/mol. The zero-order valence-electron chi connectivity index (χ0n) is 22.8. The highest BCUT2D eigenvalue weighted by Crippen LogP contribution is 2.46. The molecule has 0 bridgehead atoms. The van der Waals surface area contributed by atoms with Crippen molar-refractivity contribution in [2.75, 3.05) is 24.7 Å². The number of fused-ring (bicyclic) bond motifs is 1. The topological polar surface area (TPSA) is 111 Å². The summed E-state index contributed by atoms with van der Waals surface area (Å²) in [6, 6.07) is 9.82. The molecule has 0 radical (unpaired) electrons. The van der Waals surface area contributed by atoms with E-state index >= 15 is 0 Å². The summed E-state index contributed by atoms with van der Waals surface area (Å²) in [5, 5.41) is 12.3. The molecule has 0 saturated heterocycles. The number of carbonyl (C=O) groups is 2. The van der Waals surface area contributed by atoms with Crippen LogP contribution in [0.2, 0.25) is 0 Å². The van der Waals surface area contributed by atoms with Gasteiger partial charge in [-0.15, -0.1) is 11.3 Å². The van der Waals surface area contributed by atoms with Crippen LogP contribution < -0.4 is 19.1 Å². The van der Waals surface area contributed by atoms with E-state index in [0.29, 0.717) is 63.9 Å². The van der Waals surface area contributed by atoms with Gasteiger partial charge in [0.05, 0.1) is 57.2 Å². The molecule has 3 heterocycles. The normalized spacial score (nSPS) is 15.3. The highest BCUT2D eigenvalue weighted by molar-refractivity contribution is 7.22. The molecule has 1 amide bonds. The molecule has 208 valence electrons. The first-order valence-electron chi connectivity index (χ1n) is 13.0. The summed E-state index contributed by atoms with van der Waals surface area (Å²) in [5.74, 6) is -0.0571. The molecule has 40 heavy (non-hydrogen) atoms. The van der Waals surface area contributed by atoms with Crippen LogP contribution in [0.4, 0.5) is 5.13 Å². The number of ketones is 1. The summed E-state index contributed by atoms with van der Waals surface area (Å²) >= 11 is 2.51. The lowest BCUT2D eigenvalue weighted by Gasteiger charge is -2.25. The minimum Gasteiger partial charge on any atom is -0.503 e. The summed E-state index contributed by atoms with van der Waals surface area (Å²) < 4.78 is 18.0. The smallest absolute Gasteiger partial charge is 0.296 e. The third-order valence-electron chi connectivity index (χ3n) is 6.31. The van der Waals surface area contributed by atoms with Gasteiger partial charge in [0.1, 0.15) is 5.75 Å². The summed E-state index contributed by atoms with van der Waals surface area (Å²) in [4.78, 5) is 38.5. The Labute approximate surface area is 239 Å². The maximum Gasteiger partial charge on any atom is 0.296 e. The van der Waals surface area contributed by atoms with Gasteiger partial charge in [0.15, 0.2) is 22.4 Å². The molecule has 0 fully saturated rings. The van der Waals surface area contributed by atoms with E-state index in [1.165, 1.54) is 27.6 Å². The number of hydrogen-bond donors (Lipinski definition) is 1.